The molecule has 1 aromatic heterocycles. The van der Waals surface area contributed by atoms with Crippen molar-refractivity contribution in [3.8, 4) is 17.0 Å². The van der Waals surface area contributed by atoms with Gasteiger partial charge in [-0.1, -0.05) is 23.2 Å². The number of benzene rings is 1. The minimum absolute atomic E-state index is 0.280. The van der Waals surface area contributed by atoms with E-state index in [1.165, 1.54) is 0 Å². The normalized spacial score (nSPS) is 12.7. The third-order valence-electron chi connectivity index (χ3n) is 3.09. The van der Waals surface area contributed by atoms with Gasteiger partial charge in [-0.15, -0.1) is 0 Å². The number of carboxylic acids is 1. The minimum Gasteiger partial charge on any atom is -0.477 e. The van der Waals surface area contributed by atoms with E-state index in [-0.39, 0.29) is 22.0 Å². The number of carbonyl (C=O) groups is 1. The molecular weight excluding hydrogens is 405 g/mol. The maximum atomic E-state index is 14.2. The first-order valence-electron chi connectivity index (χ1n) is 6.69. The summed E-state index contributed by atoms with van der Waals surface area (Å²) in [5, 5.41) is 8.17. The molecule has 1 atom stereocenters. The second-order valence-corrected chi connectivity index (χ2v) is 5.65. The average molecular weight is 414 g/mol. The summed E-state index contributed by atoms with van der Waals surface area (Å²) in [6.45, 7) is 0. The number of alkyl halides is 3. The highest BCUT2D eigenvalue weighted by atomic mass is 35.5. The monoisotopic (exact) mass is 413 g/mol. The Bertz CT molecular complexity index is 845. The summed E-state index contributed by atoms with van der Waals surface area (Å²) in [6.07, 6.45) is -5.91. The lowest BCUT2D eigenvalue weighted by Crippen LogP contribution is -2.28. The number of nitrogens with zero attached hydrogens (tertiary/aromatic N) is 1. The van der Waals surface area contributed by atoms with Crippen molar-refractivity contribution < 1.29 is 36.9 Å². The summed E-state index contributed by atoms with van der Waals surface area (Å²) in [5.74, 6) is -2.70. The molecule has 0 radical (unpaired) electrons. The van der Waals surface area contributed by atoms with E-state index in [2.05, 4.69) is 9.72 Å². The minimum atomic E-state index is -4.67. The SMILES string of the molecule is COC(Oc1cc(-c2ncc(C(F)(F)F)cc2Cl)c(F)cc1Cl)C(=O)O. The van der Waals surface area contributed by atoms with E-state index < -0.39 is 34.8 Å². The van der Waals surface area contributed by atoms with Crippen LogP contribution in [0.1, 0.15) is 5.56 Å². The molecule has 0 amide bonds. The first kappa shape index (κ1) is 20.2. The zero-order chi connectivity index (χ0) is 19.6. The van der Waals surface area contributed by atoms with Gasteiger partial charge >= 0.3 is 12.1 Å². The number of hydrogen-bond donors (Lipinski definition) is 1. The lowest BCUT2D eigenvalue weighted by molar-refractivity contribution is -0.166. The van der Waals surface area contributed by atoms with Crippen LogP contribution in [-0.4, -0.2) is 29.5 Å². The zero-order valence-corrected chi connectivity index (χ0v) is 14.3. The fourth-order valence-corrected chi connectivity index (χ4v) is 2.37. The van der Waals surface area contributed by atoms with Crippen LogP contribution < -0.4 is 4.74 Å². The Balaban J connectivity index is 2.50. The highest BCUT2D eigenvalue weighted by Gasteiger charge is 2.32. The first-order chi connectivity index (χ1) is 12.0. The smallest absolute Gasteiger partial charge is 0.417 e. The molecule has 1 heterocycles. The standard InChI is InChI=1S/C15H9Cl2F4NO4/c1-25-14(13(23)24)26-11-3-7(10(18)4-8(11)16)12-9(17)2-6(5-22-12)15(19,20)21/h2-5,14H,1H3,(H,23,24). The molecule has 0 spiro atoms. The number of rotatable bonds is 5. The third-order valence-corrected chi connectivity index (χ3v) is 3.68. The number of aliphatic carboxylic acids is 1. The van der Waals surface area contributed by atoms with Crippen LogP contribution in [0.5, 0.6) is 5.75 Å². The molecule has 2 aromatic rings. The second-order valence-electron chi connectivity index (χ2n) is 4.84. The lowest BCUT2D eigenvalue weighted by Gasteiger charge is -2.16. The van der Waals surface area contributed by atoms with Crippen LogP contribution in [0.25, 0.3) is 11.3 Å². The van der Waals surface area contributed by atoms with Gasteiger partial charge in [-0.2, -0.15) is 13.2 Å². The highest BCUT2D eigenvalue weighted by molar-refractivity contribution is 6.33. The van der Waals surface area contributed by atoms with E-state index in [4.69, 9.17) is 33.0 Å². The van der Waals surface area contributed by atoms with Crippen LogP contribution >= 0.6 is 23.2 Å². The van der Waals surface area contributed by atoms with Gasteiger partial charge in [0.25, 0.3) is 6.29 Å². The Morgan fingerprint density at radius 2 is 1.88 bits per heavy atom. The summed E-state index contributed by atoms with van der Waals surface area (Å²) < 4.78 is 61.8. The molecule has 0 fully saturated rings. The Morgan fingerprint density at radius 1 is 1.23 bits per heavy atom. The van der Waals surface area contributed by atoms with Crippen LogP contribution in [0.4, 0.5) is 17.6 Å². The molecule has 0 saturated heterocycles. The van der Waals surface area contributed by atoms with E-state index in [1.54, 1.807) is 0 Å². The first-order valence-corrected chi connectivity index (χ1v) is 7.44. The van der Waals surface area contributed by atoms with Crippen molar-refractivity contribution in [2.24, 2.45) is 0 Å². The van der Waals surface area contributed by atoms with E-state index in [0.29, 0.717) is 12.3 Å². The summed E-state index contributed by atoms with van der Waals surface area (Å²) in [6, 6.07) is 2.35. The largest absolute Gasteiger partial charge is 0.477 e. The predicted octanol–water partition coefficient (Wildman–Crippen LogP) is 4.65. The zero-order valence-electron chi connectivity index (χ0n) is 12.8. The Morgan fingerprint density at radius 3 is 2.38 bits per heavy atom. The number of aromatic nitrogens is 1. The number of pyridine rings is 1. The van der Waals surface area contributed by atoms with Crippen LogP contribution in [0.15, 0.2) is 24.4 Å². The van der Waals surface area contributed by atoms with Gasteiger partial charge in [0, 0.05) is 18.9 Å². The van der Waals surface area contributed by atoms with E-state index in [9.17, 15) is 22.4 Å². The van der Waals surface area contributed by atoms with E-state index >= 15 is 0 Å². The predicted molar refractivity (Wildman–Crippen MR) is 83.7 cm³/mol. The molecule has 0 aliphatic heterocycles. The van der Waals surface area contributed by atoms with Gasteiger partial charge in [0.15, 0.2) is 0 Å². The molecule has 1 N–H and O–H groups in total. The fourth-order valence-electron chi connectivity index (χ4n) is 1.91. The average Bonchev–Trinajstić information content (AvgIpc) is 2.53. The van der Waals surface area contributed by atoms with Gasteiger partial charge in [0.05, 0.1) is 21.3 Å². The van der Waals surface area contributed by atoms with Crippen molar-refractivity contribution in [2.45, 2.75) is 12.5 Å². The fraction of sp³-hybridized carbons (Fsp3) is 0.200. The summed E-state index contributed by atoms with van der Waals surface area (Å²) in [5.41, 5.74) is -1.74. The Hall–Kier alpha value is -2.10. The maximum absolute atomic E-state index is 14.2. The molecule has 1 aromatic carbocycles. The van der Waals surface area contributed by atoms with Crippen molar-refractivity contribution in [1.82, 2.24) is 4.98 Å². The molecule has 0 bridgehead atoms. The molecule has 5 nitrogen and oxygen atoms in total. The van der Waals surface area contributed by atoms with Crippen LogP contribution in [-0.2, 0) is 15.7 Å². The molecule has 1 unspecified atom stereocenters. The molecule has 0 aliphatic rings. The van der Waals surface area contributed by atoms with Crippen LogP contribution in [0, 0.1) is 5.82 Å². The molecule has 26 heavy (non-hydrogen) atoms. The second kappa shape index (κ2) is 7.65. The van der Waals surface area contributed by atoms with Gasteiger partial charge in [-0.05, 0) is 18.2 Å². The van der Waals surface area contributed by atoms with Gasteiger partial charge in [0.1, 0.15) is 11.6 Å². The van der Waals surface area contributed by atoms with Gasteiger partial charge < -0.3 is 14.6 Å². The van der Waals surface area contributed by atoms with Gasteiger partial charge in [-0.25, -0.2) is 9.18 Å². The van der Waals surface area contributed by atoms with Crippen molar-refractivity contribution in [2.75, 3.05) is 7.11 Å². The molecule has 11 heteroatoms. The summed E-state index contributed by atoms with van der Waals surface area (Å²) in [7, 11) is 1.06. The lowest BCUT2D eigenvalue weighted by atomic mass is 10.1. The van der Waals surface area contributed by atoms with Crippen molar-refractivity contribution >= 4 is 29.2 Å². The number of methoxy groups -OCH3 is 1. The molecule has 140 valence electrons. The van der Waals surface area contributed by atoms with Crippen LogP contribution in [0.3, 0.4) is 0 Å². The van der Waals surface area contributed by atoms with Crippen molar-refractivity contribution in [1.29, 1.82) is 0 Å². The Kier molecular flexibility index (Phi) is 5.94. The maximum Gasteiger partial charge on any atom is 0.417 e. The van der Waals surface area contributed by atoms with Gasteiger partial charge in [0.2, 0.25) is 0 Å². The van der Waals surface area contributed by atoms with Crippen molar-refractivity contribution in [3.05, 3.63) is 45.8 Å². The van der Waals surface area contributed by atoms with Gasteiger partial charge in [-0.3, -0.25) is 4.98 Å². The quantitative estimate of drug-likeness (QED) is 0.570. The van der Waals surface area contributed by atoms with E-state index in [0.717, 1.165) is 19.2 Å². The van der Waals surface area contributed by atoms with Crippen LogP contribution in [0.2, 0.25) is 10.0 Å². The molecule has 0 saturated carbocycles. The Labute approximate surface area is 154 Å². The van der Waals surface area contributed by atoms with E-state index in [1.807, 2.05) is 0 Å². The molecule has 0 aliphatic carbocycles. The molecular formula is C15H9Cl2F4NO4. The number of hydrogen-bond acceptors (Lipinski definition) is 4. The van der Waals surface area contributed by atoms with Crippen molar-refractivity contribution in [3.63, 3.8) is 0 Å². The highest BCUT2D eigenvalue weighted by Crippen LogP contribution is 2.38. The number of carboxylic acid groups (broad SMARTS) is 1. The topological polar surface area (TPSA) is 68.7 Å². The molecule has 2 rings (SSSR count). The summed E-state index contributed by atoms with van der Waals surface area (Å²) >= 11 is 11.6. The summed E-state index contributed by atoms with van der Waals surface area (Å²) in [4.78, 5) is 14.5. The third kappa shape index (κ3) is 4.35. The number of ether oxygens (including phenoxy) is 2. The number of halogens is 6.